The highest BCUT2D eigenvalue weighted by Crippen LogP contribution is 2.19. The topological polar surface area (TPSA) is 29.1 Å². The molecule has 1 amide bonds. The number of hydrogen-bond acceptors (Lipinski definition) is 1. The van der Waals surface area contributed by atoms with E-state index in [1.807, 2.05) is 13.8 Å². The number of rotatable bonds is 2. The number of amides is 1. The van der Waals surface area contributed by atoms with Crippen molar-refractivity contribution in [2.75, 3.05) is 0 Å². The molecule has 0 saturated heterocycles. The molecule has 19 heavy (non-hydrogen) atoms. The van der Waals surface area contributed by atoms with Gasteiger partial charge in [0.05, 0.1) is 0 Å². The minimum absolute atomic E-state index is 0.308. The number of terminal acetylenes is 1. The van der Waals surface area contributed by atoms with Crippen molar-refractivity contribution in [3.05, 3.63) is 33.8 Å². The Morgan fingerprint density at radius 1 is 1.32 bits per heavy atom. The van der Waals surface area contributed by atoms with Crippen molar-refractivity contribution in [3.8, 4) is 24.3 Å². The SMILES string of the molecule is C#CC(C)(C)CC#CNC(=O)c1cc(Cl)cc(Cl)c1. The Morgan fingerprint density at radius 3 is 2.42 bits per heavy atom. The van der Waals surface area contributed by atoms with Gasteiger partial charge >= 0.3 is 0 Å². The van der Waals surface area contributed by atoms with E-state index in [1.54, 1.807) is 6.07 Å². The number of hydrogen-bond donors (Lipinski definition) is 1. The predicted molar refractivity (Wildman–Crippen MR) is 78.9 cm³/mol. The molecule has 1 aromatic carbocycles. The van der Waals surface area contributed by atoms with Crippen LogP contribution >= 0.6 is 23.2 Å². The average molecular weight is 294 g/mol. The van der Waals surface area contributed by atoms with E-state index in [0.717, 1.165) is 0 Å². The van der Waals surface area contributed by atoms with Crippen molar-refractivity contribution in [1.82, 2.24) is 5.32 Å². The van der Waals surface area contributed by atoms with Crippen LogP contribution in [-0.2, 0) is 0 Å². The van der Waals surface area contributed by atoms with Crippen LogP contribution in [0.25, 0.3) is 0 Å². The Morgan fingerprint density at radius 2 is 1.89 bits per heavy atom. The van der Waals surface area contributed by atoms with Crippen LogP contribution < -0.4 is 5.32 Å². The lowest BCUT2D eigenvalue weighted by Gasteiger charge is -2.11. The summed E-state index contributed by atoms with van der Waals surface area (Å²) < 4.78 is 0. The van der Waals surface area contributed by atoms with Crippen molar-refractivity contribution < 1.29 is 4.79 Å². The molecular formula is C15H13Cl2NO. The Bertz CT molecular complexity index is 568. The van der Waals surface area contributed by atoms with Gasteiger partial charge in [0.15, 0.2) is 0 Å². The third-order valence-corrected chi connectivity index (χ3v) is 2.75. The lowest BCUT2D eigenvalue weighted by atomic mass is 9.91. The number of halogens is 2. The predicted octanol–water partition coefficient (Wildman–Crippen LogP) is 3.73. The van der Waals surface area contributed by atoms with Gasteiger partial charge in [-0.2, -0.15) is 0 Å². The largest absolute Gasteiger partial charge is 0.281 e. The van der Waals surface area contributed by atoms with Gasteiger partial charge in [-0.25, -0.2) is 0 Å². The van der Waals surface area contributed by atoms with Gasteiger partial charge < -0.3 is 0 Å². The molecule has 0 unspecified atom stereocenters. The lowest BCUT2D eigenvalue weighted by molar-refractivity contribution is 0.0973. The third-order valence-electron chi connectivity index (χ3n) is 2.31. The first-order chi connectivity index (χ1) is 8.84. The molecule has 0 fully saturated rings. The summed E-state index contributed by atoms with van der Waals surface area (Å²) in [7, 11) is 0. The van der Waals surface area contributed by atoms with Crippen LogP contribution in [0.1, 0.15) is 30.6 Å². The summed E-state index contributed by atoms with van der Waals surface area (Å²) in [6.45, 7) is 3.81. The van der Waals surface area contributed by atoms with Crippen molar-refractivity contribution >= 4 is 29.1 Å². The maximum Gasteiger partial charge on any atom is 0.262 e. The molecule has 1 rings (SSSR count). The first-order valence-electron chi connectivity index (χ1n) is 5.56. The van der Waals surface area contributed by atoms with E-state index in [-0.39, 0.29) is 11.3 Å². The van der Waals surface area contributed by atoms with Gasteiger partial charge in [-0.15, -0.1) is 6.42 Å². The van der Waals surface area contributed by atoms with Crippen LogP contribution in [0.2, 0.25) is 10.0 Å². The minimum Gasteiger partial charge on any atom is -0.281 e. The number of carbonyl (C=O) groups excluding carboxylic acids is 1. The third kappa shape index (κ3) is 5.26. The van der Waals surface area contributed by atoms with Gasteiger partial charge in [-0.05, 0) is 32.0 Å². The molecule has 0 aliphatic heterocycles. The maximum atomic E-state index is 11.8. The van der Waals surface area contributed by atoms with Crippen LogP contribution in [-0.4, -0.2) is 5.91 Å². The summed E-state index contributed by atoms with van der Waals surface area (Å²) in [6, 6.07) is 7.19. The van der Waals surface area contributed by atoms with Gasteiger partial charge in [-0.3, -0.25) is 10.1 Å². The van der Waals surface area contributed by atoms with Crippen molar-refractivity contribution in [2.24, 2.45) is 5.41 Å². The first-order valence-corrected chi connectivity index (χ1v) is 6.32. The molecular weight excluding hydrogens is 281 g/mol. The Kier molecular flexibility index (Phi) is 5.31. The zero-order valence-corrected chi connectivity index (χ0v) is 12.2. The molecule has 2 nitrogen and oxygen atoms in total. The van der Waals surface area contributed by atoms with Crippen LogP contribution in [0.4, 0.5) is 0 Å². The summed E-state index contributed by atoms with van der Waals surface area (Å²) in [6.07, 6.45) is 5.84. The second kappa shape index (κ2) is 6.53. The van der Waals surface area contributed by atoms with Gasteiger partial charge in [0.1, 0.15) is 0 Å². The van der Waals surface area contributed by atoms with E-state index >= 15 is 0 Å². The quantitative estimate of drug-likeness (QED) is 0.653. The van der Waals surface area contributed by atoms with Gasteiger partial charge in [0, 0.05) is 33.5 Å². The number of benzene rings is 1. The van der Waals surface area contributed by atoms with Crippen LogP contribution in [0, 0.1) is 29.7 Å². The molecule has 0 aliphatic rings. The molecule has 98 valence electrons. The lowest BCUT2D eigenvalue weighted by Crippen LogP contribution is -2.18. The molecule has 0 aliphatic carbocycles. The van der Waals surface area contributed by atoms with E-state index in [0.29, 0.717) is 22.0 Å². The van der Waals surface area contributed by atoms with Crippen LogP contribution in [0.15, 0.2) is 18.2 Å². The summed E-state index contributed by atoms with van der Waals surface area (Å²) >= 11 is 11.6. The molecule has 0 bridgehead atoms. The summed E-state index contributed by atoms with van der Waals surface area (Å²) in [4.78, 5) is 11.8. The molecule has 4 heteroatoms. The maximum absolute atomic E-state index is 11.8. The minimum atomic E-state index is -0.351. The highest BCUT2D eigenvalue weighted by Gasteiger charge is 2.11. The fraction of sp³-hybridized carbons (Fsp3) is 0.267. The van der Waals surface area contributed by atoms with Crippen molar-refractivity contribution in [3.63, 3.8) is 0 Å². The fourth-order valence-electron chi connectivity index (χ4n) is 1.17. The Hall–Kier alpha value is -1.61. The molecule has 0 aromatic heterocycles. The van der Waals surface area contributed by atoms with Gasteiger partial charge in [-0.1, -0.05) is 35.0 Å². The van der Waals surface area contributed by atoms with E-state index < -0.39 is 0 Å². The van der Waals surface area contributed by atoms with E-state index in [2.05, 4.69) is 23.2 Å². The zero-order valence-electron chi connectivity index (χ0n) is 10.7. The highest BCUT2D eigenvalue weighted by molar-refractivity contribution is 6.35. The van der Waals surface area contributed by atoms with Crippen molar-refractivity contribution in [2.45, 2.75) is 20.3 Å². The van der Waals surface area contributed by atoms with Crippen LogP contribution in [0.5, 0.6) is 0 Å². The Balaban J connectivity index is 2.67. The Labute approximate surface area is 123 Å². The molecule has 0 radical (unpaired) electrons. The van der Waals surface area contributed by atoms with E-state index in [9.17, 15) is 4.79 Å². The van der Waals surface area contributed by atoms with E-state index in [4.69, 9.17) is 29.6 Å². The summed E-state index contributed by atoms with van der Waals surface area (Å²) in [5.74, 6) is 5.09. The number of nitrogens with one attached hydrogen (secondary N) is 1. The van der Waals surface area contributed by atoms with Gasteiger partial charge in [0.2, 0.25) is 0 Å². The highest BCUT2D eigenvalue weighted by atomic mass is 35.5. The fourth-order valence-corrected chi connectivity index (χ4v) is 1.70. The normalized spacial score (nSPS) is 10.1. The zero-order chi connectivity index (χ0) is 14.5. The second-order valence-corrected chi connectivity index (χ2v) is 5.49. The summed E-state index contributed by atoms with van der Waals surface area (Å²) in [5, 5.41) is 3.27. The monoisotopic (exact) mass is 293 g/mol. The van der Waals surface area contributed by atoms with E-state index in [1.165, 1.54) is 12.1 Å². The second-order valence-electron chi connectivity index (χ2n) is 4.62. The standard InChI is InChI=1S/C15H13Cl2NO/c1-4-15(2,3)6-5-7-18-14(19)11-8-12(16)10-13(17)9-11/h1,8-10H,6H2,2-3H3,(H,18,19). The molecule has 0 heterocycles. The summed E-state index contributed by atoms with van der Waals surface area (Å²) in [5.41, 5.74) is 0.0555. The molecule has 0 atom stereocenters. The molecule has 1 N–H and O–H groups in total. The van der Waals surface area contributed by atoms with Crippen LogP contribution in [0.3, 0.4) is 0 Å². The van der Waals surface area contributed by atoms with Crippen molar-refractivity contribution in [1.29, 1.82) is 0 Å². The number of carbonyl (C=O) groups is 1. The van der Waals surface area contributed by atoms with Gasteiger partial charge in [0.25, 0.3) is 5.91 Å². The first kappa shape index (κ1) is 15.4. The average Bonchev–Trinajstić information content (AvgIpc) is 2.33. The smallest absolute Gasteiger partial charge is 0.262 e. The molecule has 0 saturated carbocycles. The molecule has 1 aromatic rings. The molecule has 0 spiro atoms.